The number of carbonyl (C=O) groups is 1. The number of pyridine rings is 1. The molecule has 0 radical (unpaired) electrons. The van der Waals surface area contributed by atoms with E-state index in [-0.39, 0.29) is 12.6 Å². The third-order valence-electron chi connectivity index (χ3n) is 7.68. The molecule has 0 N–H and O–H groups in total. The van der Waals surface area contributed by atoms with Gasteiger partial charge in [0.15, 0.2) is 0 Å². The van der Waals surface area contributed by atoms with Gasteiger partial charge in [-0.05, 0) is 54.5 Å². The molecule has 202 valence electrons. The van der Waals surface area contributed by atoms with Crippen molar-refractivity contribution in [2.24, 2.45) is 0 Å². The molecule has 39 heavy (non-hydrogen) atoms. The fourth-order valence-electron chi connectivity index (χ4n) is 5.68. The maximum Gasteiger partial charge on any atom is 0.471 e. The second-order valence-electron chi connectivity index (χ2n) is 10.2. The quantitative estimate of drug-likeness (QED) is 0.262. The smallest absolute Gasteiger partial charge is 0.327 e. The Morgan fingerprint density at radius 3 is 2.28 bits per heavy atom. The Morgan fingerprint density at radius 2 is 1.56 bits per heavy atom. The number of hydrogen-bond donors (Lipinski definition) is 0. The molecule has 2 heterocycles. The largest absolute Gasteiger partial charge is 0.471 e. The average Bonchev–Trinajstić information content (AvgIpc) is 2.95. The number of alkyl halides is 3. The Labute approximate surface area is 227 Å². The first kappa shape index (κ1) is 26.9. The Kier molecular flexibility index (Phi) is 8.27. The van der Waals surface area contributed by atoms with Gasteiger partial charge in [-0.15, -0.1) is 0 Å². The minimum absolute atomic E-state index is 0.0209. The molecule has 4 nitrogen and oxygen atoms in total. The zero-order valence-corrected chi connectivity index (χ0v) is 21.7. The van der Waals surface area contributed by atoms with Gasteiger partial charge in [0.2, 0.25) is 0 Å². The second kappa shape index (κ2) is 12.0. The molecule has 0 bridgehead atoms. The van der Waals surface area contributed by atoms with Crippen LogP contribution in [0.5, 0.6) is 0 Å². The summed E-state index contributed by atoms with van der Waals surface area (Å²) in [6, 6.07) is 28.8. The van der Waals surface area contributed by atoms with Crippen molar-refractivity contribution in [2.45, 2.75) is 50.5 Å². The first-order chi connectivity index (χ1) is 18.9. The van der Waals surface area contributed by atoms with Crippen LogP contribution in [-0.4, -0.2) is 52.0 Å². The molecule has 1 fully saturated rings. The van der Waals surface area contributed by atoms with Crippen molar-refractivity contribution in [3.8, 4) is 0 Å². The number of para-hydroxylation sites is 1. The molecule has 1 aromatic heterocycles. The zero-order valence-electron chi connectivity index (χ0n) is 21.7. The van der Waals surface area contributed by atoms with Crippen LogP contribution >= 0.6 is 0 Å². The third-order valence-corrected chi connectivity index (χ3v) is 7.68. The van der Waals surface area contributed by atoms with Crippen LogP contribution in [0.3, 0.4) is 0 Å². The van der Waals surface area contributed by atoms with E-state index in [1.165, 1.54) is 5.56 Å². The lowest BCUT2D eigenvalue weighted by Crippen LogP contribution is -2.54. The SMILES string of the molecule is O=C(N(Cc1ccnc2ccccc12)C1CCN(CCc2ccccc2)C(Cc2ccccc2)C1)C(F)(F)F. The lowest BCUT2D eigenvalue weighted by molar-refractivity contribution is -0.189. The molecule has 2 atom stereocenters. The highest BCUT2D eigenvalue weighted by molar-refractivity contribution is 5.84. The number of halogens is 3. The Bertz CT molecular complexity index is 1370. The molecular weight excluding hydrogens is 499 g/mol. The van der Waals surface area contributed by atoms with Crippen molar-refractivity contribution in [1.29, 1.82) is 0 Å². The number of likely N-dealkylation sites (tertiary alicyclic amines) is 1. The summed E-state index contributed by atoms with van der Waals surface area (Å²) >= 11 is 0. The van der Waals surface area contributed by atoms with Gasteiger partial charge in [-0.3, -0.25) is 14.7 Å². The molecule has 0 aliphatic carbocycles. The van der Waals surface area contributed by atoms with E-state index in [0.29, 0.717) is 30.5 Å². The molecule has 2 unspecified atom stereocenters. The zero-order chi connectivity index (χ0) is 27.2. The van der Waals surface area contributed by atoms with Gasteiger partial charge in [0.1, 0.15) is 0 Å². The predicted octanol–water partition coefficient (Wildman–Crippen LogP) is 6.44. The highest BCUT2D eigenvalue weighted by Gasteiger charge is 2.46. The Balaban J connectivity index is 1.41. The highest BCUT2D eigenvalue weighted by atomic mass is 19.4. The normalized spacial score (nSPS) is 18.2. The molecule has 0 spiro atoms. The van der Waals surface area contributed by atoms with Crippen LogP contribution in [-0.2, 0) is 24.2 Å². The van der Waals surface area contributed by atoms with E-state index in [9.17, 15) is 18.0 Å². The number of hydrogen-bond acceptors (Lipinski definition) is 3. The summed E-state index contributed by atoms with van der Waals surface area (Å²) in [7, 11) is 0. The number of fused-ring (bicyclic) bond motifs is 1. The van der Waals surface area contributed by atoms with Crippen molar-refractivity contribution in [2.75, 3.05) is 13.1 Å². The Hall–Kier alpha value is -3.71. The van der Waals surface area contributed by atoms with Crippen molar-refractivity contribution in [3.63, 3.8) is 0 Å². The number of benzene rings is 3. The van der Waals surface area contributed by atoms with Crippen molar-refractivity contribution >= 4 is 16.8 Å². The van der Waals surface area contributed by atoms with Crippen LogP contribution < -0.4 is 0 Å². The van der Waals surface area contributed by atoms with Crippen LogP contribution in [0.4, 0.5) is 13.2 Å². The molecule has 1 aliphatic rings. The average molecular weight is 532 g/mol. The molecule has 4 aromatic rings. The maximum atomic E-state index is 13.9. The molecule has 3 aromatic carbocycles. The second-order valence-corrected chi connectivity index (χ2v) is 10.2. The minimum atomic E-state index is -4.94. The van der Waals surface area contributed by atoms with Crippen LogP contribution in [0.15, 0.2) is 97.2 Å². The molecule has 0 saturated carbocycles. The van der Waals surface area contributed by atoms with Crippen molar-refractivity contribution < 1.29 is 18.0 Å². The molecular formula is C32H32F3N3O. The summed E-state index contributed by atoms with van der Waals surface area (Å²) in [5.74, 6) is -1.77. The summed E-state index contributed by atoms with van der Waals surface area (Å²) in [6.07, 6.45) is -0.788. The van der Waals surface area contributed by atoms with E-state index in [1.54, 1.807) is 12.3 Å². The van der Waals surface area contributed by atoms with Gasteiger partial charge in [-0.1, -0.05) is 78.9 Å². The fraction of sp³-hybridized carbons (Fsp3) is 0.312. The van der Waals surface area contributed by atoms with Gasteiger partial charge < -0.3 is 4.90 Å². The van der Waals surface area contributed by atoms with Crippen LogP contribution in [0.1, 0.15) is 29.5 Å². The van der Waals surface area contributed by atoms with Gasteiger partial charge in [-0.2, -0.15) is 13.2 Å². The van der Waals surface area contributed by atoms with Gasteiger partial charge in [0.25, 0.3) is 0 Å². The standard InChI is InChI=1S/C32H32F3N3O/c33-32(34,35)31(39)38(23-26-15-18-36-30-14-8-7-13-29(26)30)27-17-20-37(19-16-24-9-3-1-4-10-24)28(22-27)21-25-11-5-2-6-12-25/h1-15,18,27-28H,16-17,19-23H2. The molecule has 5 rings (SSSR count). The van der Waals surface area contributed by atoms with Gasteiger partial charge in [-0.25, -0.2) is 0 Å². The number of rotatable bonds is 8. The number of amides is 1. The lowest BCUT2D eigenvalue weighted by atomic mass is 9.90. The highest BCUT2D eigenvalue weighted by Crippen LogP contribution is 2.31. The van der Waals surface area contributed by atoms with Gasteiger partial charge >= 0.3 is 12.1 Å². The van der Waals surface area contributed by atoms with E-state index < -0.39 is 18.1 Å². The third kappa shape index (κ3) is 6.66. The predicted molar refractivity (Wildman–Crippen MR) is 147 cm³/mol. The van der Waals surface area contributed by atoms with Crippen molar-refractivity contribution in [3.05, 3.63) is 114 Å². The fourth-order valence-corrected chi connectivity index (χ4v) is 5.68. The number of carbonyl (C=O) groups excluding carboxylic acids is 1. The molecule has 7 heteroatoms. The van der Waals surface area contributed by atoms with E-state index in [4.69, 9.17) is 0 Å². The summed E-state index contributed by atoms with van der Waals surface area (Å²) in [5.41, 5.74) is 3.75. The van der Waals surface area contributed by atoms with Gasteiger partial charge in [0, 0.05) is 43.3 Å². The number of aromatic nitrogens is 1. The minimum Gasteiger partial charge on any atom is -0.327 e. The molecule has 1 saturated heterocycles. The van der Waals surface area contributed by atoms with E-state index >= 15 is 0 Å². The maximum absolute atomic E-state index is 13.9. The van der Waals surface area contributed by atoms with Gasteiger partial charge in [0.05, 0.1) is 5.52 Å². The monoisotopic (exact) mass is 531 g/mol. The van der Waals surface area contributed by atoms with E-state index in [1.807, 2.05) is 60.7 Å². The van der Waals surface area contributed by atoms with E-state index in [2.05, 4.69) is 34.1 Å². The molecule has 1 amide bonds. The first-order valence-electron chi connectivity index (χ1n) is 13.4. The number of nitrogens with zero attached hydrogens (tertiary/aromatic N) is 3. The molecule has 1 aliphatic heterocycles. The van der Waals surface area contributed by atoms with Crippen LogP contribution in [0.2, 0.25) is 0 Å². The van der Waals surface area contributed by atoms with Crippen LogP contribution in [0.25, 0.3) is 10.9 Å². The Morgan fingerprint density at radius 1 is 0.897 bits per heavy atom. The lowest BCUT2D eigenvalue weighted by Gasteiger charge is -2.44. The number of piperidine rings is 1. The van der Waals surface area contributed by atoms with Crippen molar-refractivity contribution in [1.82, 2.24) is 14.8 Å². The van der Waals surface area contributed by atoms with E-state index in [0.717, 1.165) is 35.2 Å². The topological polar surface area (TPSA) is 36.4 Å². The summed E-state index contributed by atoms with van der Waals surface area (Å²) in [5, 5.41) is 0.765. The summed E-state index contributed by atoms with van der Waals surface area (Å²) in [6.45, 7) is 1.35. The summed E-state index contributed by atoms with van der Waals surface area (Å²) < 4.78 is 41.7. The van der Waals surface area contributed by atoms with Crippen LogP contribution in [0, 0.1) is 0 Å². The first-order valence-corrected chi connectivity index (χ1v) is 13.4. The summed E-state index contributed by atoms with van der Waals surface area (Å²) in [4.78, 5) is 20.6.